The highest BCUT2D eigenvalue weighted by Gasteiger charge is 2.38. The molecule has 1 aromatic rings. The van der Waals surface area contributed by atoms with Gasteiger partial charge in [-0.2, -0.15) is 0 Å². The van der Waals surface area contributed by atoms with Crippen molar-refractivity contribution in [1.29, 1.82) is 0 Å². The molecule has 1 heterocycles. The van der Waals surface area contributed by atoms with E-state index in [1.165, 1.54) is 6.92 Å². The Morgan fingerprint density at radius 1 is 1.40 bits per heavy atom. The van der Waals surface area contributed by atoms with Crippen molar-refractivity contribution in [3.8, 4) is 0 Å². The summed E-state index contributed by atoms with van der Waals surface area (Å²) < 4.78 is 5.04. The molecule has 2 atom stereocenters. The van der Waals surface area contributed by atoms with Gasteiger partial charge in [0.15, 0.2) is 17.6 Å². The maximum Gasteiger partial charge on any atom is 0.346 e. The van der Waals surface area contributed by atoms with Crippen LogP contribution in [-0.4, -0.2) is 29.0 Å². The normalized spacial score (nSPS) is 19.9. The first kappa shape index (κ1) is 14.3. The molecule has 0 aromatic heterocycles. The van der Waals surface area contributed by atoms with Crippen LogP contribution in [0.25, 0.3) is 0 Å². The van der Waals surface area contributed by atoms with Gasteiger partial charge in [0.05, 0.1) is 6.04 Å². The van der Waals surface area contributed by atoms with E-state index in [0.717, 1.165) is 5.56 Å². The summed E-state index contributed by atoms with van der Waals surface area (Å²) in [5, 5.41) is 9.97. The lowest BCUT2D eigenvalue weighted by molar-refractivity contribution is -0.141. The number of rotatable bonds is 5. The van der Waals surface area contributed by atoms with Crippen LogP contribution < -0.4 is 5.73 Å². The number of hydrogen-bond donors (Lipinski definition) is 2. The molecule has 20 heavy (non-hydrogen) atoms. The Labute approximate surface area is 117 Å². The van der Waals surface area contributed by atoms with Crippen LogP contribution in [0.1, 0.15) is 18.9 Å². The van der Waals surface area contributed by atoms with Gasteiger partial charge < -0.3 is 15.6 Å². The molecule has 3 N–H and O–H groups in total. The van der Waals surface area contributed by atoms with Crippen molar-refractivity contribution < 1.29 is 19.4 Å². The number of aliphatic hydroxyl groups is 1. The molecule has 5 heteroatoms. The third kappa shape index (κ3) is 2.88. The summed E-state index contributed by atoms with van der Waals surface area (Å²) in [4.78, 5) is 23.4. The Balaban J connectivity index is 2.07. The highest BCUT2D eigenvalue weighted by molar-refractivity contribution is 6.20. The maximum atomic E-state index is 11.7. The Kier molecular flexibility index (Phi) is 4.20. The molecular formula is C15H17NO4. The monoisotopic (exact) mass is 275 g/mol. The number of ketones is 1. The fourth-order valence-corrected chi connectivity index (χ4v) is 2.10. The molecule has 1 aromatic carbocycles. The molecule has 2 rings (SSSR count). The number of ether oxygens (including phenoxy) is 1. The molecular weight excluding hydrogens is 258 g/mol. The first-order valence-corrected chi connectivity index (χ1v) is 6.48. The molecule has 1 aliphatic heterocycles. The van der Waals surface area contributed by atoms with Gasteiger partial charge in [-0.05, 0) is 25.3 Å². The third-order valence-corrected chi connectivity index (χ3v) is 3.21. The Morgan fingerprint density at radius 3 is 2.65 bits per heavy atom. The average molecular weight is 275 g/mol. The summed E-state index contributed by atoms with van der Waals surface area (Å²) in [6, 6.07) is 8.80. The van der Waals surface area contributed by atoms with Crippen molar-refractivity contribution in [1.82, 2.24) is 0 Å². The van der Waals surface area contributed by atoms with Crippen molar-refractivity contribution in [2.24, 2.45) is 5.73 Å². The standard InChI is InChI=1S/C15H17NO4/c1-9(16)13(17)12-14(18)11(20-15(12)19)8-7-10-5-3-2-4-6-10/h2-6,9,11,18H,7-8,16H2,1H3/t9-,11?/m0/s1. The van der Waals surface area contributed by atoms with Crippen molar-refractivity contribution in [3.05, 3.63) is 47.2 Å². The van der Waals surface area contributed by atoms with E-state index < -0.39 is 23.9 Å². The molecule has 0 bridgehead atoms. The largest absolute Gasteiger partial charge is 0.507 e. The maximum absolute atomic E-state index is 11.7. The van der Waals surface area contributed by atoms with E-state index in [9.17, 15) is 14.7 Å². The quantitative estimate of drug-likeness (QED) is 0.624. The van der Waals surface area contributed by atoms with E-state index in [4.69, 9.17) is 10.5 Å². The number of aryl methyl sites for hydroxylation is 1. The lowest BCUT2D eigenvalue weighted by atomic mass is 10.0. The SMILES string of the molecule is C[C@H](N)C(=O)C1=C(O)C(CCc2ccccc2)OC1=O. The van der Waals surface area contributed by atoms with Crippen LogP contribution in [0.15, 0.2) is 41.7 Å². The first-order valence-electron chi connectivity index (χ1n) is 6.48. The highest BCUT2D eigenvalue weighted by Crippen LogP contribution is 2.25. The van der Waals surface area contributed by atoms with Crippen molar-refractivity contribution in [2.75, 3.05) is 0 Å². The Morgan fingerprint density at radius 2 is 2.05 bits per heavy atom. The number of cyclic esters (lactones) is 1. The number of benzene rings is 1. The van der Waals surface area contributed by atoms with Crippen LogP contribution in [0.3, 0.4) is 0 Å². The number of hydrogen-bond acceptors (Lipinski definition) is 5. The number of esters is 1. The minimum atomic E-state index is -0.840. The molecule has 0 amide bonds. The van der Waals surface area contributed by atoms with E-state index in [1.807, 2.05) is 30.3 Å². The van der Waals surface area contributed by atoms with Gasteiger partial charge in [0.1, 0.15) is 5.57 Å². The van der Waals surface area contributed by atoms with Crippen LogP contribution in [0.4, 0.5) is 0 Å². The molecule has 106 valence electrons. The van der Waals surface area contributed by atoms with Gasteiger partial charge in [0, 0.05) is 0 Å². The van der Waals surface area contributed by atoms with Crippen LogP contribution in [0.5, 0.6) is 0 Å². The number of carbonyl (C=O) groups is 2. The number of carbonyl (C=O) groups excluding carboxylic acids is 2. The minimum absolute atomic E-state index is 0.298. The van der Waals surface area contributed by atoms with Gasteiger partial charge in [-0.15, -0.1) is 0 Å². The first-order chi connectivity index (χ1) is 9.50. The van der Waals surface area contributed by atoms with Crippen molar-refractivity contribution >= 4 is 11.8 Å². The van der Waals surface area contributed by atoms with Gasteiger partial charge in [-0.1, -0.05) is 30.3 Å². The molecule has 1 aliphatic rings. The van der Waals surface area contributed by atoms with Crippen molar-refractivity contribution in [3.63, 3.8) is 0 Å². The minimum Gasteiger partial charge on any atom is -0.507 e. The molecule has 5 nitrogen and oxygen atoms in total. The fraction of sp³-hybridized carbons (Fsp3) is 0.333. The zero-order chi connectivity index (χ0) is 14.7. The number of Topliss-reactive ketones (excluding diaryl/α,β-unsaturated/α-hetero) is 1. The lowest BCUT2D eigenvalue weighted by Gasteiger charge is -2.09. The number of aliphatic hydroxyl groups excluding tert-OH is 1. The second-order valence-corrected chi connectivity index (χ2v) is 4.83. The molecule has 0 aliphatic carbocycles. The molecule has 0 saturated heterocycles. The summed E-state index contributed by atoms with van der Waals surface area (Å²) in [5.74, 6) is -1.68. The van der Waals surface area contributed by atoms with Crippen LogP contribution in [0, 0.1) is 0 Å². The second-order valence-electron chi connectivity index (χ2n) is 4.83. The van der Waals surface area contributed by atoms with E-state index in [1.54, 1.807) is 0 Å². The Hall–Kier alpha value is -2.14. The zero-order valence-electron chi connectivity index (χ0n) is 11.2. The molecule has 0 saturated carbocycles. The highest BCUT2D eigenvalue weighted by atomic mass is 16.6. The van der Waals surface area contributed by atoms with Gasteiger partial charge in [-0.3, -0.25) is 4.79 Å². The molecule has 1 unspecified atom stereocenters. The van der Waals surface area contributed by atoms with Crippen LogP contribution in [0.2, 0.25) is 0 Å². The second kappa shape index (κ2) is 5.88. The van der Waals surface area contributed by atoms with Gasteiger partial charge in [0.25, 0.3) is 0 Å². The molecule has 0 spiro atoms. The summed E-state index contributed by atoms with van der Waals surface area (Å²) >= 11 is 0. The topological polar surface area (TPSA) is 89.6 Å². The average Bonchev–Trinajstić information content (AvgIpc) is 2.71. The third-order valence-electron chi connectivity index (χ3n) is 3.21. The number of nitrogens with two attached hydrogens (primary N) is 1. The van der Waals surface area contributed by atoms with E-state index in [2.05, 4.69) is 0 Å². The van der Waals surface area contributed by atoms with Crippen LogP contribution >= 0.6 is 0 Å². The van der Waals surface area contributed by atoms with Gasteiger partial charge >= 0.3 is 5.97 Å². The summed E-state index contributed by atoms with van der Waals surface area (Å²) in [5.41, 5.74) is 6.21. The van der Waals surface area contributed by atoms with E-state index in [-0.39, 0.29) is 11.3 Å². The van der Waals surface area contributed by atoms with Gasteiger partial charge in [-0.25, -0.2) is 4.79 Å². The fourth-order valence-electron chi connectivity index (χ4n) is 2.10. The molecule has 0 radical (unpaired) electrons. The summed E-state index contributed by atoms with van der Waals surface area (Å²) in [6.07, 6.45) is 0.306. The zero-order valence-corrected chi connectivity index (χ0v) is 11.2. The summed E-state index contributed by atoms with van der Waals surface area (Å²) in [7, 11) is 0. The smallest absolute Gasteiger partial charge is 0.346 e. The predicted molar refractivity (Wildman–Crippen MR) is 73.0 cm³/mol. The van der Waals surface area contributed by atoms with Crippen LogP contribution in [-0.2, 0) is 20.7 Å². The molecule has 0 fully saturated rings. The van der Waals surface area contributed by atoms with Crippen molar-refractivity contribution in [2.45, 2.75) is 31.9 Å². The van der Waals surface area contributed by atoms with E-state index >= 15 is 0 Å². The van der Waals surface area contributed by atoms with Gasteiger partial charge in [0.2, 0.25) is 0 Å². The van der Waals surface area contributed by atoms with E-state index in [0.29, 0.717) is 12.8 Å². The Bertz CT molecular complexity index is 548. The predicted octanol–water partition coefficient (Wildman–Crippen LogP) is 1.27. The lowest BCUT2D eigenvalue weighted by Crippen LogP contribution is -2.30. The summed E-state index contributed by atoms with van der Waals surface area (Å²) in [6.45, 7) is 1.47.